The first-order valence-corrected chi connectivity index (χ1v) is 6.60. The van der Waals surface area contributed by atoms with E-state index in [0.717, 1.165) is 31.2 Å². The third-order valence-corrected chi connectivity index (χ3v) is 3.70. The van der Waals surface area contributed by atoms with Crippen LogP contribution in [0.15, 0.2) is 24.3 Å². The summed E-state index contributed by atoms with van der Waals surface area (Å²) in [5.41, 5.74) is 0.891. The minimum atomic E-state index is -0.537. The van der Waals surface area contributed by atoms with Crippen molar-refractivity contribution in [3.63, 3.8) is 0 Å². The maximum Gasteiger partial charge on any atom is 0.346 e. The Bertz CT molecular complexity index is 470. The SMILES string of the molecule is CC.O=C1OC(=O)C2(CCCC2)c2ccccc21. The molecule has 0 bridgehead atoms. The number of carbonyl (C=O) groups is 2. The lowest BCUT2D eigenvalue weighted by Gasteiger charge is -2.32. The van der Waals surface area contributed by atoms with E-state index in [2.05, 4.69) is 0 Å². The average Bonchev–Trinajstić information content (AvgIpc) is 2.90. The highest BCUT2D eigenvalue weighted by Crippen LogP contribution is 2.45. The smallest absolute Gasteiger partial charge is 0.346 e. The van der Waals surface area contributed by atoms with Gasteiger partial charge < -0.3 is 4.74 Å². The molecule has 1 aliphatic carbocycles. The molecule has 3 rings (SSSR count). The Hall–Kier alpha value is -1.64. The molecular formula is C15H18O3. The van der Waals surface area contributed by atoms with E-state index in [1.807, 2.05) is 26.0 Å². The number of benzene rings is 1. The highest BCUT2D eigenvalue weighted by atomic mass is 16.6. The summed E-state index contributed by atoms with van der Waals surface area (Å²) in [6, 6.07) is 7.31. The first-order valence-electron chi connectivity index (χ1n) is 6.60. The molecule has 1 fully saturated rings. The zero-order valence-corrected chi connectivity index (χ0v) is 10.9. The Balaban J connectivity index is 0.000000574. The Labute approximate surface area is 107 Å². The molecule has 2 aliphatic rings. The van der Waals surface area contributed by atoms with Crippen molar-refractivity contribution in [1.29, 1.82) is 0 Å². The van der Waals surface area contributed by atoms with Crippen LogP contribution < -0.4 is 0 Å². The van der Waals surface area contributed by atoms with Gasteiger partial charge in [-0.25, -0.2) is 4.79 Å². The predicted octanol–water partition coefficient (Wildman–Crippen LogP) is 3.22. The summed E-state index contributed by atoms with van der Waals surface area (Å²) >= 11 is 0. The van der Waals surface area contributed by atoms with Gasteiger partial charge in [0.2, 0.25) is 0 Å². The largest absolute Gasteiger partial charge is 0.389 e. The summed E-state index contributed by atoms with van der Waals surface area (Å²) in [5, 5.41) is 0. The zero-order chi connectivity index (χ0) is 13.2. The molecule has 1 saturated carbocycles. The minimum absolute atomic E-state index is 0.353. The summed E-state index contributed by atoms with van der Waals surface area (Å²) in [5.74, 6) is -0.855. The first-order chi connectivity index (χ1) is 8.74. The molecule has 18 heavy (non-hydrogen) atoms. The molecule has 3 heteroatoms. The van der Waals surface area contributed by atoms with Gasteiger partial charge in [-0.3, -0.25) is 4.79 Å². The highest BCUT2D eigenvalue weighted by Gasteiger charge is 2.49. The third kappa shape index (κ3) is 1.74. The van der Waals surface area contributed by atoms with Crippen LogP contribution in [0.2, 0.25) is 0 Å². The molecule has 1 aromatic carbocycles. The highest BCUT2D eigenvalue weighted by molar-refractivity contribution is 6.06. The molecule has 0 radical (unpaired) electrons. The Morgan fingerprint density at radius 3 is 2.33 bits per heavy atom. The number of cyclic esters (lactones) is 2. The van der Waals surface area contributed by atoms with Crippen LogP contribution in [0.3, 0.4) is 0 Å². The molecule has 1 aromatic rings. The van der Waals surface area contributed by atoms with Crippen molar-refractivity contribution in [3.8, 4) is 0 Å². The van der Waals surface area contributed by atoms with E-state index in [-0.39, 0.29) is 5.97 Å². The third-order valence-electron chi connectivity index (χ3n) is 3.70. The summed E-state index contributed by atoms with van der Waals surface area (Å²) in [6.45, 7) is 4.00. The number of rotatable bonds is 0. The van der Waals surface area contributed by atoms with Crippen molar-refractivity contribution in [1.82, 2.24) is 0 Å². The van der Waals surface area contributed by atoms with Gasteiger partial charge in [0.15, 0.2) is 0 Å². The van der Waals surface area contributed by atoms with Gasteiger partial charge in [-0.15, -0.1) is 0 Å². The molecule has 0 atom stereocenters. The zero-order valence-electron chi connectivity index (χ0n) is 10.9. The molecule has 0 saturated heterocycles. The summed E-state index contributed by atoms with van der Waals surface area (Å²) in [6.07, 6.45) is 3.65. The normalized spacial score (nSPS) is 19.9. The van der Waals surface area contributed by atoms with Crippen LogP contribution in [0.25, 0.3) is 0 Å². The van der Waals surface area contributed by atoms with Gasteiger partial charge in [-0.2, -0.15) is 0 Å². The number of hydrogen-bond acceptors (Lipinski definition) is 3. The van der Waals surface area contributed by atoms with Crippen molar-refractivity contribution in [2.45, 2.75) is 44.9 Å². The van der Waals surface area contributed by atoms with Gasteiger partial charge in [-0.1, -0.05) is 44.9 Å². The monoisotopic (exact) mass is 246 g/mol. The fraction of sp³-hybridized carbons (Fsp3) is 0.467. The van der Waals surface area contributed by atoms with E-state index in [1.165, 1.54) is 0 Å². The lowest BCUT2D eigenvalue weighted by atomic mass is 9.75. The number of ether oxygens (including phenoxy) is 1. The number of esters is 2. The standard InChI is InChI=1S/C13H12O3.C2H6/c14-11-9-5-1-2-6-10(9)13(12(15)16-11)7-3-4-8-13;1-2/h1-2,5-6H,3-4,7-8H2;1-2H3. The molecule has 1 heterocycles. The fourth-order valence-corrected chi connectivity index (χ4v) is 2.88. The lowest BCUT2D eigenvalue weighted by Crippen LogP contribution is -2.41. The van der Waals surface area contributed by atoms with Crippen molar-refractivity contribution >= 4 is 11.9 Å². The minimum Gasteiger partial charge on any atom is -0.389 e. The molecule has 1 aliphatic heterocycles. The second kappa shape index (κ2) is 4.92. The Morgan fingerprint density at radius 1 is 1.06 bits per heavy atom. The van der Waals surface area contributed by atoms with Crippen LogP contribution >= 0.6 is 0 Å². The van der Waals surface area contributed by atoms with Crippen LogP contribution in [-0.4, -0.2) is 11.9 Å². The quantitative estimate of drug-likeness (QED) is 0.521. The van der Waals surface area contributed by atoms with E-state index >= 15 is 0 Å². The molecule has 0 amide bonds. The van der Waals surface area contributed by atoms with E-state index in [4.69, 9.17) is 4.74 Å². The Kier molecular flexibility index (Phi) is 3.50. The summed E-state index contributed by atoms with van der Waals surface area (Å²) in [4.78, 5) is 23.5. The maximum absolute atomic E-state index is 11.9. The molecule has 0 N–H and O–H groups in total. The fourth-order valence-electron chi connectivity index (χ4n) is 2.88. The Morgan fingerprint density at radius 2 is 1.67 bits per heavy atom. The molecule has 0 aromatic heterocycles. The second-order valence-corrected chi connectivity index (χ2v) is 4.51. The summed E-state index contributed by atoms with van der Waals surface area (Å²) < 4.78 is 4.87. The lowest BCUT2D eigenvalue weighted by molar-refractivity contribution is -0.145. The maximum atomic E-state index is 11.9. The van der Waals surface area contributed by atoms with Gasteiger partial charge in [-0.05, 0) is 24.5 Å². The average molecular weight is 246 g/mol. The van der Waals surface area contributed by atoms with Crippen molar-refractivity contribution < 1.29 is 14.3 Å². The molecular weight excluding hydrogens is 228 g/mol. The number of carbonyl (C=O) groups excluding carboxylic acids is 2. The topological polar surface area (TPSA) is 43.4 Å². The van der Waals surface area contributed by atoms with Crippen molar-refractivity contribution in [3.05, 3.63) is 35.4 Å². The van der Waals surface area contributed by atoms with Crippen LogP contribution in [0.4, 0.5) is 0 Å². The molecule has 1 spiro atoms. The van der Waals surface area contributed by atoms with Crippen LogP contribution in [0.1, 0.15) is 55.5 Å². The van der Waals surface area contributed by atoms with Gasteiger partial charge >= 0.3 is 11.9 Å². The predicted molar refractivity (Wildman–Crippen MR) is 68.4 cm³/mol. The molecule has 3 nitrogen and oxygen atoms in total. The van der Waals surface area contributed by atoms with E-state index < -0.39 is 11.4 Å². The first kappa shape index (κ1) is 12.8. The van der Waals surface area contributed by atoms with Gasteiger partial charge in [0.1, 0.15) is 0 Å². The van der Waals surface area contributed by atoms with Crippen LogP contribution in [-0.2, 0) is 14.9 Å². The van der Waals surface area contributed by atoms with E-state index in [0.29, 0.717) is 5.56 Å². The van der Waals surface area contributed by atoms with E-state index in [9.17, 15) is 9.59 Å². The van der Waals surface area contributed by atoms with Crippen molar-refractivity contribution in [2.24, 2.45) is 0 Å². The van der Waals surface area contributed by atoms with Gasteiger partial charge in [0, 0.05) is 0 Å². The number of fused-ring (bicyclic) bond motifs is 2. The number of hydrogen-bond donors (Lipinski definition) is 0. The summed E-state index contributed by atoms with van der Waals surface area (Å²) in [7, 11) is 0. The molecule has 0 unspecified atom stereocenters. The van der Waals surface area contributed by atoms with Gasteiger partial charge in [0.25, 0.3) is 0 Å². The molecule has 96 valence electrons. The van der Waals surface area contributed by atoms with Gasteiger partial charge in [0.05, 0.1) is 11.0 Å². The van der Waals surface area contributed by atoms with Crippen molar-refractivity contribution in [2.75, 3.05) is 0 Å². The van der Waals surface area contributed by atoms with Crippen LogP contribution in [0.5, 0.6) is 0 Å². The second-order valence-electron chi connectivity index (χ2n) is 4.51. The van der Waals surface area contributed by atoms with E-state index in [1.54, 1.807) is 12.1 Å². The van der Waals surface area contributed by atoms with Crippen LogP contribution in [0, 0.1) is 0 Å².